The van der Waals surface area contributed by atoms with E-state index in [1.54, 1.807) is 12.4 Å². The molecule has 2 rings (SSSR count). The van der Waals surface area contributed by atoms with Gasteiger partial charge in [-0.1, -0.05) is 6.07 Å². The number of hydrogen-bond donors (Lipinski definition) is 1. The van der Waals surface area contributed by atoms with E-state index in [9.17, 15) is 0 Å². The van der Waals surface area contributed by atoms with Crippen LogP contribution in [0, 0.1) is 11.3 Å². The monoisotopic (exact) mass is 198 g/mol. The SMILES string of the molecule is N#CCCc1cn[nH]c1-c1ccccn1. The summed E-state index contributed by atoms with van der Waals surface area (Å²) in [5, 5.41) is 15.4. The number of hydrogen-bond acceptors (Lipinski definition) is 3. The van der Waals surface area contributed by atoms with Gasteiger partial charge in [0.1, 0.15) is 0 Å². The van der Waals surface area contributed by atoms with Crippen molar-refractivity contribution in [1.29, 1.82) is 5.26 Å². The van der Waals surface area contributed by atoms with Gasteiger partial charge >= 0.3 is 0 Å². The molecular formula is C11H10N4. The zero-order valence-electron chi connectivity index (χ0n) is 8.14. The van der Waals surface area contributed by atoms with E-state index in [1.807, 2.05) is 18.2 Å². The number of H-pyrrole nitrogens is 1. The van der Waals surface area contributed by atoms with Crippen LogP contribution in [0.2, 0.25) is 0 Å². The Balaban J connectivity index is 2.30. The fourth-order valence-corrected chi connectivity index (χ4v) is 1.42. The van der Waals surface area contributed by atoms with Crippen molar-refractivity contribution in [3.05, 3.63) is 36.2 Å². The third-order valence-corrected chi connectivity index (χ3v) is 2.15. The first-order chi connectivity index (χ1) is 7.42. The second kappa shape index (κ2) is 4.38. The number of rotatable bonds is 3. The summed E-state index contributed by atoms with van der Waals surface area (Å²) in [5.41, 5.74) is 2.81. The van der Waals surface area contributed by atoms with E-state index in [1.165, 1.54) is 0 Å². The number of aromatic nitrogens is 3. The maximum absolute atomic E-state index is 8.53. The fraction of sp³-hybridized carbons (Fsp3) is 0.182. The minimum Gasteiger partial charge on any atom is -0.276 e. The normalized spacial score (nSPS) is 9.80. The predicted octanol–water partition coefficient (Wildman–Crippen LogP) is 1.93. The lowest BCUT2D eigenvalue weighted by molar-refractivity contribution is 1.01. The Bertz CT molecular complexity index is 467. The quantitative estimate of drug-likeness (QED) is 0.819. The molecule has 74 valence electrons. The number of aromatic amines is 1. The number of nitrogens with zero attached hydrogens (tertiary/aromatic N) is 3. The molecule has 2 aromatic rings. The highest BCUT2D eigenvalue weighted by Gasteiger charge is 2.07. The molecule has 0 aliphatic heterocycles. The number of aryl methyl sites for hydroxylation is 1. The van der Waals surface area contributed by atoms with E-state index in [0.29, 0.717) is 12.8 Å². The lowest BCUT2D eigenvalue weighted by Gasteiger charge is -1.99. The summed E-state index contributed by atoms with van der Waals surface area (Å²) >= 11 is 0. The second-order valence-electron chi connectivity index (χ2n) is 3.14. The van der Waals surface area contributed by atoms with Crippen molar-refractivity contribution < 1.29 is 0 Å². The Labute approximate surface area is 87.6 Å². The zero-order valence-corrected chi connectivity index (χ0v) is 8.14. The Morgan fingerprint density at radius 1 is 1.40 bits per heavy atom. The summed E-state index contributed by atoms with van der Waals surface area (Å²) < 4.78 is 0. The van der Waals surface area contributed by atoms with E-state index in [4.69, 9.17) is 5.26 Å². The van der Waals surface area contributed by atoms with Crippen molar-refractivity contribution in [2.45, 2.75) is 12.8 Å². The van der Waals surface area contributed by atoms with Crippen LogP contribution < -0.4 is 0 Å². The van der Waals surface area contributed by atoms with Crippen LogP contribution in [0.25, 0.3) is 11.4 Å². The molecule has 0 unspecified atom stereocenters. The van der Waals surface area contributed by atoms with Gasteiger partial charge in [0.25, 0.3) is 0 Å². The van der Waals surface area contributed by atoms with Crippen molar-refractivity contribution >= 4 is 0 Å². The Hall–Kier alpha value is -2.15. The molecule has 0 saturated carbocycles. The average Bonchev–Trinajstić information content (AvgIpc) is 2.75. The minimum absolute atomic E-state index is 0.499. The lowest BCUT2D eigenvalue weighted by atomic mass is 10.1. The molecule has 4 nitrogen and oxygen atoms in total. The number of nitrogens with one attached hydrogen (secondary N) is 1. The molecule has 0 aromatic carbocycles. The molecule has 0 fully saturated rings. The van der Waals surface area contributed by atoms with Gasteiger partial charge in [-0.05, 0) is 18.6 Å². The van der Waals surface area contributed by atoms with Gasteiger partial charge in [0.05, 0.1) is 23.7 Å². The van der Waals surface area contributed by atoms with Gasteiger partial charge in [-0.3, -0.25) is 10.1 Å². The van der Waals surface area contributed by atoms with Crippen LogP contribution >= 0.6 is 0 Å². The molecule has 0 saturated heterocycles. The molecule has 0 aliphatic carbocycles. The highest BCUT2D eigenvalue weighted by atomic mass is 15.1. The number of pyridine rings is 1. The van der Waals surface area contributed by atoms with Crippen LogP contribution in [0.3, 0.4) is 0 Å². The summed E-state index contributed by atoms with van der Waals surface area (Å²) in [6.07, 6.45) is 4.70. The van der Waals surface area contributed by atoms with Crippen molar-refractivity contribution in [3.8, 4) is 17.5 Å². The molecule has 0 spiro atoms. The molecule has 15 heavy (non-hydrogen) atoms. The van der Waals surface area contributed by atoms with Crippen LogP contribution in [0.5, 0.6) is 0 Å². The van der Waals surface area contributed by atoms with Crippen molar-refractivity contribution in [2.75, 3.05) is 0 Å². The third kappa shape index (κ3) is 2.02. The van der Waals surface area contributed by atoms with Crippen LogP contribution in [0.15, 0.2) is 30.6 Å². The summed E-state index contributed by atoms with van der Waals surface area (Å²) in [5.74, 6) is 0. The molecule has 0 radical (unpaired) electrons. The van der Waals surface area contributed by atoms with Gasteiger partial charge in [0, 0.05) is 18.2 Å². The second-order valence-corrected chi connectivity index (χ2v) is 3.14. The molecule has 2 aromatic heterocycles. The topological polar surface area (TPSA) is 65.4 Å². The molecule has 0 amide bonds. The van der Waals surface area contributed by atoms with Crippen LogP contribution in [0.4, 0.5) is 0 Å². The zero-order chi connectivity index (χ0) is 10.5. The standard InChI is InChI=1S/C11H10N4/c12-6-3-4-9-8-14-15-11(9)10-5-1-2-7-13-10/h1-2,5,7-8H,3-4H2,(H,14,15). The Morgan fingerprint density at radius 3 is 3.07 bits per heavy atom. The predicted molar refractivity (Wildman–Crippen MR) is 55.8 cm³/mol. The van der Waals surface area contributed by atoms with E-state index in [-0.39, 0.29) is 0 Å². The van der Waals surface area contributed by atoms with Gasteiger partial charge < -0.3 is 0 Å². The Kier molecular flexibility index (Phi) is 2.75. The van der Waals surface area contributed by atoms with Crippen LogP contribution in [0.1, 0.15) is 12.0 Å². The largest absolute Gasteiger partial charge is 0.276 e. The van der Waals surface area contributed by atoms with Gasteiger partial charge in [0.15, 0.2) is 0 Å². The van der Waals surface area contributed by atoms with Crippen molar-refractivity contribution in [3.63, 3.8) is 0 Å². The summed E-state index contributed by atoms with van der Waals surface area (Å²) in [4.78, 5) is 4.24. The highest BCUT2D eigenvalue weighted by molar-refractivity contribution is 5.57. The summed E-state index contributed by atoms with van der Waals surface area (Å²) in [6, 6.07) is 7.84. The van der Waals surface area contributed by atoms with Crippen molar-refractivity contribution in [1.82, 2.24) is 15.2 Å². The first-order valence-electron chi connectivity index (χ1n) is 4.72. The lowest BCUT2D eigenvalue weighted by Crippen LogP contribution is -1.88. The molecule has 2 heterocycles. The first kappa shape index (κ1) is 9.41. The smallest absolute Gasteiger partial charge is 0.0883 e. The molecule has 1 N–H and O–H groups in total. The van der Waals surface area contributed by atoms with E-state index < -0.39 is 0 Å². The fourth-order valence-electron chi connectivity index (χ4n) is 1.42. The van der Waals surface area contributed by atoms with E-state index >= 15 is 0 Å². The first-order valence-corrected chi connectivity index (χ1v) is 4.72. The van der Waals surface area contributed by atoms with Gasteiger partial charge in [-0.2, -0.15) is 10.4 Å². The average molecular weight is 198 g/mol. The van der Waals surface area contributed by atoms with Gasteiger partial charge in [0.2, 0.25) is 0 Å². The van der Waals surface area contributed by atoms with E-state index in [0.717, 1.165) is 17.0 Å². The van der Waals surface area contributed by atoms with Gasteiger partial charge in [-0.15, -0.1) is 0 Å². The van der Waals surface area contributed by atoms with E-state index in [2.05, 4.69) is 21.3 Å². The minimum atomic E-state index is 0.499. The molecule has 4 heteroatoms. The molecule has 0 bridgehead atoms. The van der Waals surface area contributed by atoms with Crippen LogP contribution in [-0.2, 0) is 6.42 Å². The summed E-state index contributed by atoms with van der Waals surface area (Å²) in [7, 11) is 0. The molecular weight excluding hydrogens is 188 g/mol. The van der Waals surface area contributed by atoms with Crippen LogP contribution in [-0.4, -0.2) is 15.2 Å². The maximum atomic E-state index is 8.53. The van der Waals surface area contributed by atoms with Gasteiger partial charge in [-0.25, -0.2) is 0 Å². The number of nitriles is 1. The van der Waals surface area contributed by atoms with Crippen molar-refractivity contribution in [2.24, 2.45) is 0 Å². The Morgan fingerprint density at radius 2 is 2.33 bits per heavy atom. The highest BCUT2D eigenvalue weighted by Crippen LogP contribution is 2.19. The molecule has 0 aliphatic rings. The maximum Gasteiger partial charge on any atom is 0.0883 e. The summed E-state index contributed by atoms with van der Waals surface area (Å²) in [6.45, 7) is 0. The molecule has 0 atom stereocenters. The third-order valence-electron chi connectivity index (χ3n) is 2.15.